The molecule has 1 N–H and O–H groups in total. The molecule has 0 unspecified atom stereocenters. The number of anilines is 2. The summed E-state index contributed by atoms with van der Waals surface area (Å²) < 4.78 is 27.1. The molecule has 0 amide bonds. The monoisotopic (exact) mass is 257 g/mol. The maximum Gasteiger partial charge on any atom is 0.168 e. The molecule has 1 aromatic rings. The number of aromatic nitrogens is 1. The zero-order valence-electron chi connectivity index (χ0n) is 11.4. The van der Waals surface area contributed by atoms with Crippen molar-refractivity contribution in [3.05, 3.63) is 17.7 Å². The second kappa shape index (κ2) is 6.52. The van der Waals surface area contributed by atoms with E-state index in [1.54, 1.807) is 11.9 Å². The fourth-order valence-corrected chi connectivity index (χ4v) is 1.57. The Hall–Kier alpha value is -1.39. The molecule has 102 valence electrons. The summed E-state index contributed by atoms with van der Waals surface area (Å²) in [5, 5.41) is 2.78. The Balaban J connectivity index is 2.89. The van der Waals surface area contributed by atoms with Gasteiger partial charge in [-0.3, -0.25) is 0 Å². The zero-order chi connectivity index (χ0) is 13.7. The fraction of sp³-hybridized carbons (Fsp3) is 0.615. The largest absolute Gasteiger partial charge is 0.368 e. The molecule has 0 fully saturated rings. The van der Waals surface area contributed by atoms with Crippen molar-refractivity contribution in [2.75, 3.05) is 30.4 Å². The lowest BCUT2D eigenvalue weighted by molar-refractivity contribution is 0.556. The molecule has 0 saturated heterocycles. The van der Waals surface area contributed by atoms with Crippen LogP contribution in [0.15, 0.2) is 6.07 Å². The minimum absolute atomic E-state index is 0.102. The van der Waals surface area contributed by atoms with Crippen LogP contribution < -0.4 is 10.2 Å². The van der Waals surface area contributed by atoms with Crippen molar-refractivity contribution in [3.8, 4) is 0 Å². The number of nitrogens with zero attached hydrogens (tertiary/aromatic N) is 2. The van der Waals surface area contributed by atoms with Crippen molar-refractivity contribution in [1.82, 2.24) is 4.98 Å². The van der Waals surface area contributed by atoms with Gasteiger partial charge in [-0.15, -0.1) is 0 Å². The molecule has 0 atom stereocenters. The summed E-state index contributed by atoms with van der Waals surface area (Å²) in [7, 11) is 1.77. The molecule has 0 aliphatic carbocycles. The van der Waals surface area contributed by atoms with E-state index in [1.165, 1.54) is 0 Å². The highest BCUT2D eigenvalue weighted by Gasteiger charge is 2.14. The molecule has 0 aliphatic rings. The predicted octanol–water partition coefficient (Wildman–Crippen LogP) is 3.27. The maximum absolute atomic E-state index is 13.7. The summed E-state index contributed by atoms with van der Waals surface area (Å²) in [5.74, 6) is -0.460. The molecule has 18 heavy (non-hydrogen) atoms. The number of rotatable bonds is 6. The number of nitrogens with one attached hydrogen (secondary N) is 1. The lowest BCUT2D eigenvalue weighted by Gasteiger charge is -2.20. The Morgan fingerprint density at radius 3 is 2.56 bits per heavy atom. The third kappa shape index (κ3) is 3.82. The summed E-state index contributed by atoms with van der Waals surface area (Å²) >= 11 is 0. The number of halogens is 2. The van der Waals surface area contributed by atoms with Crippen LogP contribution >= 0.6 is 0 Å². The third-order valence-electron chi connectivity index (χ3n) is 2.66. The summed E-state index contributed by atoms with van der Waals surface area (Å²) in [4.78, 5) is 5.72. The normalized spacial score (nSPS) is 10.8. The van der Waals surface area contributed by atoms with Gasteiger partial charge < -0.3 is 10.2 Å². The van der Waals surface area contributed by atoms with Gasteiger partial charge in [-0.2, -0.15) is 0 Å². The second-order valence-corrected chi connectivity index (χ2v) is 4.76. The van der Waals surface area contributed by atoms with Gasteiger partial charge in [-0.1, -0.05) is 13.8 Å². The molecule has 5 heteroatoms. The van der Waals surface area contributed by atoms with Crippen molar-refractivity contribution >= 4 is 11.6 Å². The average molecular weight is 257 g/mol. The van der Waals surface area contributed by atoms with Gasteiger partial charge in [-0.05, 0) is 19.3 Å². The van der Waals surface area contributed by atoms with E-state index in [-0.39, 0.29) is 11.6 Å². The zero-order valence-corrected chi connectivity index (χ0v) is 11.4. The van der Waals surface area contributed by atoms with Crippen LogP contribution in [0.3, 0.4) is 0 Å². The van der Waals surface area contributed by atoms with E-state index in [4.69, 9.17) is 0 Å². The average Bonchev–Trinajstić information content (AvgIpc) is 2.29. The summed E-state index contributed by atoms with van der Waals surface area (Å²) in [6.07, 6.45) is 0.936. The molecular weight excluding hydrogens is 236 g/mol. The van der Waals surface area contributed by atoms with Gasteiger partial charge in [0, 0.05) is 26.2 Å². The van der Waals surface area contributed by atoms with Crippen LogP contribution in [0.5, 0.6) is 0 Å². The van der Waals surface area contributed by atoms with Gasteiger partial charge in [0.1, 0.15) is 0 Å². The third-order valence-corrected chi connectivity index (χ3v) is 2.66. The lowest BCUT2D eigenvalue weighted by atomic mass is 10.1. The van der Waals surface area contributed by atoms with Gasteiger partial charge in [0.05, 0.1) is 0 Å². The van der Waals surface area contributed by atoms with Crippen LogP contribution in [0.2, 0.25) is 0 Å². The highest BCUT2D eigenvalue weighted by atomic mass is 19.1. The molecule has 3 nitrogen and oxygen atoms in total. The minimum atomic E-state index is -0.657. The van der Waals surface area contributed by atoms with E-state index in [1.807, 2.05) is 6.92 Å². The molecular formula is C13H21F2N3. The van der Waals surface area contributed by atoms with E-state index in [0.29, 0.717) is 19.0 Å². The highest BCUT2D eigenvalue weighted by molar-refractivity contribution is 5.48. The van der Waals surface area contributed by atoms with Gasteiger partial charge in [-0.25, -0.2) is 13.8 Å². The van der Waals surface area contributed by atoms with Crippen molar-refractivity contribution in [1.29, 1.82) is 0 Å². The van der Waals surface area contributed by atoms with Crippen LogP contribution in [-0.2, 0) is 0 Å². The van der Waals surface area contributed by atoms with E-state index >= 15 is 0 Å². The Morgan fingerprint density at radius 2 is 2.00 bits per heavy atom. The fourth-order valence-electron chi connectivity index (χ4n) is 1.57. The smallest absolute Gasteiger partial charge is 0.168 e. The van der Waals surface area contributed by atoms with Gasteiger partial charge in [0.25, 0.3) is 0 Å². The van der Waals surface area contributed by atoms with E-state index < -0.39 is 11.6 Å². The lowest BCUT2D eigenvalue weighted by Crippen LogP contribution is -2.23. The van der Waals surface area contributed by atoms with E-state index in [0.717, 1.165) is 12.5 Å². The van der Waals surface area contributed by atoms with Crippen molar-refractivity contribution in [3.63, 3.8) is 0 Å². The molecule has 1 heterocycles. The van der Waals surface area contributed by atoms with Crippen LogP contribution in [0, 0.1) is 17.6 Å². The van der Waals surface area contributed by atoms with E-state index in [9.17, 15) is 8.78 Å². The summed E-state index contributed by atoms with van der Waals surface area (Å²) in [6, 6.07) is 0.881. The molecule has 0 aliphatic heterocycles. The van der Waals surface area contributed by atoms with Gasteiger partial charge >= 0.3 is 0 Å². The first-order chi connectivity index (χ1) is 8.45. The molecule has 0 radical (unpaired) electrons. The van der Waals surface area contributed by atoms with Crippen molar-refractivity contribution in [2.24, 2.45) is 5.92 Å². The van der Waals surface area contributed by atoms with Gasteiger partial charge in [0.2, 0.25) is 0 Å². The topological polar surface area (TPSA) is 28.2 Å². The Bertz CT molecular complexity index is 394. The maximum atomic E-state index is 13.7. The number of hydrogen-bond donors (Lipinski definition) is 1. The Labute approximate surface area is 107 Å². The van der Waals surface area contributed by atoms with Crippen LogP contribution in [0.25, 0.3) is 0 Å². The quantitative estimate of drug-likeness (QED) is 0.847. The second-order valence-electron chi connectivity index (χ2n) is 4.76. The minimum Gasteiger partial charge on any atom is -0.368 e. The highest BCUT2D eigenvalue weighted by Crippen LogP contribution is 2.22. The Kier molecular flexibility index (Phi) is 5.31. The molecule has 1 rings (SSSR count). The van der Waals surface area contributed by atoms with Crippen LogP contribution in [0.1, 0.15) is 27.2 Å². The Morgan fingerprint density at radius 1 is 1.33 bits per heavy atom. The first-order valence-electron chi connectivity index (χ1n) is 6.26. The molecule has 0 bridgehead atoms. The summed E-state index contributed by atoms with van der Waals surface area (Å²) in [6.45, 7) is 7.29. The van der Waals surface area contributed by atoms with Gasteiger partial charge in [0.15, 0.2) is 23.3 Å². The predicted molar refractivity (Wildman–Crippen MR) is 71.0 cm³/mol. The van der Waals surface area contributed by atoms with E-state index in [2.05, 4.69) is 24.1 Å². The molecule has 0 saturated carbocycles. The first-order valence-corrected chi connectivity index (χ1v) is 6.26. The number of pyridine rings is 1. The molecule has 0 aromatic carbocycles. The number of hydrogen-bond acceptors (Lipinski definition) is 3. The van der Waals surface area contributed by atoms with Crippen LogP contribution in [0.4, 0.5) is 20.4 Å². The van der Waals surface area contributed by atoms with Crippen molar-refractivity contribution < 1.29 is 8.78 Å². The standard InChI is InChI=1S/C13H21F2N3/c1-5-16-12-10(14)8-11(15)13(17-12)18(4)7-6-9(2)3/h8-9H,5-7H2,1-4H3,(H,16,17). The molecule has 1 aromatic heterocycles. The molecule has 0 spiro atoms. The SMILES string of the molecule is CCNc1nc(N(C)CCC(C)C)c(F)cc1F. The first kappa shape index (κ1) is 14.7. The van der Waals surface area contributed by atoms with Crippen molar-refractivity contribution in [2.45, 2.75) is 27.2 Å². The summed E-state index contributed by atoms with van der Waals surface area (Å²) in [5.41, 5.74) is 0. The van der Waals surface area contributed by atoms with Crippen LogP contribution in [-0.4, -0.2) is 25.1 Å².